The number of hydrogen-bond acceptors (Lipinski definition) is 3. The van der Waals surface area contributed by atoms with Gasteiger partial charge in [0.1, 0.15) is 0 Å². The zero-order chi connectivity index (χ0) is 17.8. The van der Waals surface area contributed by atoms with E-state index in [1.54, 1.807) is 6.07 Å². The van der Waals surface area contributed by atoms with Crippen LogP contribution in [0.1, 0.15) is 10.4 Å². The van der Waals surface area contributed by atoms with Gasteiger partial charge >= 0.3 is 5.97 Å². The Labute approximate surface area is 145 Å². The van der Waals surface area contributed by atoms with E-state index < -0.39 is 5.97 Å². The fourth-order valence-electron chi connectivity index (χ4n) is 2.57. The molecule has 3 rings (SSSR count). The molecule has 3 aromatic rings. The molecule has 5 nitrogen and oxygen atoms in total. The topological polar surface area (TPSA) is 57.8 Å². The normalized spacial score (nSPS) is 10.1. The molecule has 1 aromatic heterocycles. The van der Waals surface area contributed by atoms with Gasteiger partial charge in [0, 0.05) is 24.6 Å². The number of pyridine rings is 1. The highest BCUT2D eigenvalue weighted by Crippen LogP contribution is 2.36. The van der Waals surface area contributed by atoms with Crippen molar-refractivity contribution >= 4 is 23.0 Å². The molecule has 0 amide bonds. The molecule has 0 aliphatic rings. The Bertz CT molecular complexity index is 962. The van der Waals surface area contributed by atoms with Gasteiger partial charge in [0.05, 0.1) is 17.8 Å². The van der Waals surface area contributed by atoms with Crippen LogP contribution in [0, 0.1) is 6.57 Å². The largest absolute Gasteiger partial charge is 0.478 e. The Morgan fingerprint density at radius 3 is 2.56 bits per heavy atom. The number of carboxylic acids is 1. The molecule has 2 aromatic carbocycles. The molecule has 0 spiro atoms. The lowest BCUT2D eigenvalue weighted by molar-refractivity contribution is 0.0697. The number of anilines is 2. The van der Waals surface area contributed by atoms with Gasteiger partial charge in [0.25, 0.3) is 0 Å². The van der Waals surface area contributed by atoms with Crippen molar-refractivity contribution in [3.8, 4) is 11.3 Å². The van der Waals surface area contributed by atoms with Crippen LogP contribution in [0.2, 0.25) is 0 Å². The summed E-state index contributed by atoms with van der Waals surface area (Å²) < 4.78 is 0. The molecule has 1 heterocycles. The molecule has 0 atom stereocenters. The van der Waals surface area contributed by atoms with E-state index in [1.807, 2.05) is 54.4 Å². The van der Waals surface area contributed by atoms with Crippen LogP contribution in [0.25, 0.3) is 16.1 Å². The van der Waals surface area contributed by atoms with Crippen LogP contribution < -0.4 is 4.90 Å². The molecule has 0 saturated carbocycles. The second kappa shape index (κ2) is 6.85. The molecule has 0 radical (unpaired) electrons. The Kier molecular flexibility index (Phi) is 4.44. The van der Waals surface area contributed by atoms with Gasteiger partial charge in [-0.3, -0.25) is 4.98 Å². The molecule has 0 saturated heterocycles. The van der Waals surface area contributed by atoms with E-state index in [-0.39, 0.29) is 5.56 Å². The van der Waals surface area contributed by atoms with E-state index in [1.165, 1.54) is 18.3 Å². The number of aromatic carboxylic acids is 1. The molecule has 122 valence electrons. The van der Waals surface area contributed by atoms with Crippen LogP contribution in [0.15, 0.2) is 66.9 Å². The second-order valence-corrected chi connectivity index (χ2v) is 5.44. The summed E-state index contributed by atoms with van der Waals surface area (Å²) in [6, 6.07) is 18.2. The molecular formula is C20H15N3O2. The maximum Gasteiger partial charge on any atom is 0.335 e. The van der Waals surface area contributed by atoms with Crippen molar-refractivity contribution < 1.29 is 9.90 Å². The lowest BCUT2D eigenvalue weighted by Crippen LogP contribution is -2.09. The van der Waals surface area contributed by atoms with Gasteiger partial charge in [-0.05, 0) is 42.0 Å². The minimum atomic E-state index is -1.01. The molecule has 0 aliphatic heterocycles. The molecule has 0 bridgehead atoms. The number of nitrogens with zero attached hydrogens (tertiary/aromatic N) is 3. The molecule has 0 unspecified atom stereocenters. The molecular weight excluding hydrogens is 314 g/mol. The quantitative estimate of drug-likeness (QED) is 0.701. The van der Waals surface area contributed by atoms with Gasteiger partial charge in [-0.25, -0.2) is 9.64 Å². The van der Waals surface area contributed by atoms with Gasteiger partial charge in [-0.1, -0.05) is 24.3 Å². The zero-order valence-corrected chi connectivity index (χ0v) is 13.5. The standard InChI is InChI=1S/C20H15N3O2/c1-21-18-12-14(17-13-15(20(24)25)10-11-22-17)8-9-19(18)23(2)16-6-4-3-5-7-16/h3-13H,2H3,(H,24,25). The maximum atomic E-state index is 11.1. The third-order valence-electron chi connectivity index (χ3n) is 3.90. The van der Waals surface area contributed by atoms with Gasteiger partial charge in [0.15, 0.2) is 0 Å². The van der Waals surface area contributed by atoms with Crippen molar-refractivity contribution in [2.45, 2.75) is 0 Å². The smallest absolute Gasteiger partial charge is 0.335 e. The summed E-state index contributed by atoms with van der Waals surface area (Å²) in [7, 11) is 1.91. The second-order valence-electron chi connectivity index (χ2n) is 5.44. The van der Waals surface area contributed by atoms with Crippen molar-refractivity contribution in [3.63, 3.8) is 0 Å². The van der Waals surface area contributed by atoms with E-state index in [2.05, 4.69) is 9.83 Å². The summed E-state index contributed by atoms with van der Waals surface area (Å²) in [5.74, 6) is -1.01. The molecule has 0 fully saturated rings. The number of hydrogen-bond donors (Lipinski definition) is 1. The number of para-hydroxylation sites is 1. The van der Waals surface area contributed by atoms with E-state index in [4.69, 9.17) is 11.7 Å². The Morgan fingerprint density at radius 1 is 1.12 bits per heavy atom. The minimum absolute atomic E-state index is 0.167. The van der Waals surface area contributed by atoms with Crippen molar-refractivity contribution in [2.75, 3.05) is 11.9 Å². The number of carboxylic acid groups (broad SMARTS) is 1. The third kappa shape index (κ3) is 3.33. The van der Waals surface area contributed by atoms with Crippen LogP contribution >= 0.6 is 0 Å². The van der Waals surface area contributed by atoms with E-state index >= 15 is 0 Å². The number of aromatic nitrogens is 1. The Balaban J connectivity index is 2.02. The Morgan fingerprint density at radius 2 is 1.88 bits per heavy atom. The molecule has 1 N–H and O–H groups in total. The molecule has 5 heteroatoms. The lowest BCUT2D eigenvalue weighted by Gasteiger charge is -2.21. The summed E-state index contributed by atoms with van der Waals surface area (Å²) in [6.45, 7) is 7.49. The van der Waals surface area contributed by atoms with Gasteiger partial charge in [-0.15, -0.1) is 0 Å². The average Bonchev–Trinajstić information content (AvgIpc) is 2.67. The third-order valence-corrected chi connectivity index (χ3v) is 3.90. The zero-order valence-electron chi connectivity index (χ0n) is 13.5. The highest BCUT2D eigenvalue weighted by Gasteiger charge is 2.12. The van der Waals surface area contributed by atoms with Crippen molar-refractivity contribution in [2.24, 2.45) is 0 Å². The van der Waals surface area contributed by atoms with Crippen LogP contribution in [0.4, 0.5) is 17.1 Å². The summed E-state index contributed by atoms with van der Waals surface area (Å²) in [4.78, 5) is 20.9. The summed E-state index contributed by atoms with van der Waals surface area (Å²) >= 11 is 0. The van der Waals surface area contributed by atoms with Crippen LogP contribution in [0.3, 0.4) is 0 Å². The predicted octanol–water partition coefficient (Wildman–Crippen LogP) is 4.77. The maximum absolute atomic E-state index is 11.1. The van der Waals surface area contributed by atoms with Crippen molar-refractivity contribution in [1.82, 2.24) is 4.98 Å². The summed E-state index contributed by atoms with van der Waals surface area (Å²) in [5, 5.41) is 9.12. The first-order valence-electron chi connectivity index (χ1n) is 7.60. The summed E-state index contributed by atoms with van der Waals surface area (Å²) in [5.41, 5.74) is 3.63. The molecule has 0 aliphatic carbocycles. The van der Waals surface area contributed by atoms with Crippen molar-refractivity contribution in [1.29, 1.82) is 0 Å². The van der Waals surface area contributed by atoms with Crippen LogP contribution in [-0.2, 0) is 0 Å². The Hall–Kier alpha value is -3.65. The van der Waals surface area contributed by atoms with Gasteiger partial charge in [0.2, 0.25) is 5.69 Å². The fraction of sp³-hybridized carbons (Fsp3) is 0.0500. The van der Waals surface area contributed by atoms with Gasteiger partial charge in [-0.2, -0.15) is 0 Å². The first kappa shape index (κ1) is 16.2. The number of rotatable bonds is 4. The van der Waals surface area contributed by atoms with Crippen LogP contribution in [0.5, 0.6) is 0 Å². The predicted molar refractivity (Wildman–Crippen MR) is 97.4 cm³/mol. The fourth-order valence-corrected chi connectivity index (χ4v) is 2.57. The highest BCUT2D eigenvalue weighted by atomic mass is 16.4. The van der Waals surface area contributed by atoms with E-state index in [0.29, 0.717) is 16.9 Å². The molecule has 25 heavy (non-hydrogen) atoms. The van der Waals surface area contributed by atoms with Crippen molar-refractivity contribution in [3.05, 3.63) is 83.8 Å². The average molecular weight is 329 g/mol. The number of carbonyl (C=O) groups is 1. The monoisotopic (exact) mass is 329 g/mol. The van der Waals surface area contributed by atoms with Gasteiger partial charge < -0.3 is 10.0 Å². The SMILES string of the molecule is [C-]#[N+]c1cc(-c2cc(C(=O)O)ccn2)ccc1N(C)c1ccccc1. The highest BCUT2D eigenvalue weighted by molar-refractivity contribution is 5.89. The first-order chi connectivity index (χ1) is 12.1. The lowest BCUT2D eigenvalue weighted by atomic mass is 10.1. The van der Waals surface area contributed by atoms with E-state index in [9.17, 15) is 4.79 Å². The van der Waals surface area contributed by atoms with E-state index in [0.717, 1.165) is 11.4 Å². The minimum Gasteiger partial charge on any atom is -0.478 e. The number of benzene rings is 2. The summed E-state index contributed by atoms with van der Waals surface area (Å²) in [6.07, 6.45) is 1.46. The van der Waals surface area contributed by atoms with Crippen LogP contribution in [-0.4, -0.2) is 23.1 Å². The first-order valence-corrected chi connectivity index (χ1v) is 7.60.